The topological polar surface area (TPSA) is 61.1 Å². The number of phenolic OH excluding ortho intramolecular Hbond substituents is 1. The quantitative estimate of drug-likeness (QED) is 0.868. The number of pyridine rings is 1. The lowest BCUT2D eigenvalue weighted by molar-refractivity contribution is 0.476. The van der Waals surface area contributed by atoms with Crippen LogP contribution in [0.4, 0.5) is 17.1 Å². The van der Waals surface area contributed by atoms with E-state index >= 15 is 0 Å². The number of anilines is 1. The Bertz CT molecular complexity index is 613. The number of azo groups is 1. The van der Waals surface area contributed by atoms with E-state index in [9.17, 15) is 5.11 Å². The first-order valence-corrected chi connectivity index (χ1v) is 6.38. The van der Waals surface area contributed by atoms with Gasteiger partial charge in [-0.25, -0.2) is 0 Å². The van der Waals surface area contributed by atoms with E-state index in [4.69, 9.17) is 0 Å². The van der Waals surface area contributed by atoms with Crippen LogP contribution in [0, 0.1) is 0 Å². The van der Waals surface area contributed by atoms with Crippen LogP contribution in [0.5, 0.6) is 5.75 Å². The third-order valence-electron chi connectivity index (χ3n) is 2.44. The maximum absolute atomic E-state index is 9.87. The molecule has 1 aromatic heterocycles. The summed E-state index contributed by atoms with van der Waals surface area (Å²) in [4.78, 5) is 5.89. The smallest absolute Gasteiger partial charge is 0.145 e. The third-order valence-corrected chi connectivity index (χ3v) is 2.87. The molecule has 98 valence electrons. The molecule has 0 aliphatic heterocycles. The van der Waals surface area contributed by atoms with Crippen molar-refractivity contribution in [2.45, 2.75) is 0 Å². The Kier molecular flexibility index (Phi) is 4.11. The van der Waals surface area contributed by atoms with Gasteiger partial charge in [0.25, 0.3) is 0 Å². The fraction of sp³-hybridized carbons (Fsp3) is 0.154. The van der Waals surface area contributed by atoms with E-state index in [-0.39, 0.29) is 5.75 Å². The molecule has 0 fully saturated rings. The second kappa shape index (κ2) is 5.79. The molecule has 0 amide bonds. The molecular weight excluding hydrogens is 308 g/mol. The van der Waals surface area contributed by atoms with Gasteiger partial charge in [0.1, 0.15) is 17.1 Å². The lowest BCUT2D eigenvalue weighted by Crippen LogP contribution is -2.07. The first kappa shape index (κ1) is 13.5. The Morgan fingerprint density at radius 1 is 1.16 bits per heavy atom. The zero-order valence-electron chi connectivity index (χ0n) is 10.6. The monoisotopic (exact) mass is 320 g/mol. The minimum atomic E-state index is 0.0953. The molecule has 5 nitrogen and oxygen atoms in total. The summed E-state index contributed by atoms with van der Waals surface area (Å²) < 4.78 is 0.830. The van der Waals surface area contributed by atoms with Crippen LogP contribution in [0.15, 0.2) is 51.4 Å². The minimum Gasteiger partial charge on any atom is -0.506 e. The van der Waals surface area contributed by atoms with Gasteiger partial charge in [-0.05, 0) is 34.1 Å². The molecule has 0 bridgehead atoms. The summed E-state index contributed by atoms with van der Waals surface area (Å²) in [6, 6.07) is 7.03. The van der Waals surface area contributed by atoms with Crippen LogP contribution in [0.25, 0.3) is 0 Å². The highest BCUT2D eigenvalue weighted by Crippen LogP contribution is 2.31. The fourth-order valence-corrected chi connectivity index (χ4v) is 1.79. The number of hydrogen-bond acceptors (Lipinski definition) is 5. The number of aromatic hydroxyl groups is 1. The summed E-state index contributed by atoms with van der Waals surface area (Å²) in [6.45, 7) is 0. The number of benzene rings is 1. The maximum atomic E-state index is 9.87. The van der Waals surface area contributed by atoms with Crippen molar-refractivity contribution < 1.29 is 5.11 Å². The predicted molar refractivity (Wildman–Crippen MR) is 78.5 cm³/mol. The van der Waals surface area contributed by atoms with Crippen molar-refractivity contribution in [3.8, 4) is 5.75 Å². The van der Waals surface area contributed by atoms with Gasteiger partial charge in [-0.2, -0.15) is 0 Å². The normalized spacial score (nSPS) is 10.9. The van der Waals surface area contributed by atoms with Crippen LogP contribution in [0.3, 0.4) is 0 Å². The molecule has 0 saturated heterocycles. The first-order chi connectivity index (χ1) is 9.06. The Hall–Kier alpha value is -1.95. The highest BCUT2D eigenvalue weighted by molar-refractivity contribution is 9.10. The number of halogens is 1. The fourth-order valence-electron chi connectivity index (χ4n) is 1.44. The van der Waals surface area contributed by atoms with Crippen molar-refractivity contribution in [2.75, 3.05) is 19.0 Å². The molecule has 0 radical (unpaired) electrons. The van der Waals surface area contributed by atoms with E-state index in [0.29, 0.717) is 11.4 Å². The molecule has 1 heterocycles. The SMILES string of the molecule is CN(C)c1ccc(/N=N/c2cncc(Br)c2)c(O)c1. The van der Waals surface area contributed by atoms with Crippen LogP contribution in [0.1, 0.15) is 0 Å². The van der Waals surface area contributed by atoms with Crippen LogP contribution in [-0.4, -0.2) is 24.2 Å². The molecule has 1 aromatic carbocycles. The van der Waals surface area contributed by atoms with E-state index in [0.717, 1.165) is 10.2 Å². The van der Waals surface area contributed by atoms with Crippen LogP contribution >= 0.6 is 15.9 Å². The molecule has 2 aromatic rings. The molecule has 2 rings (SSSR count). The van der Waals surface area contributed by atoms with Crippen LogP contribution in [0.2, 0.25) is 0 Å². The maximum Gasteiger partial charge on any atom is 0.145 e. The predicted octanol–water partition coefficient (Wildman–Crippen LogP) is 4.03. The van der Waals surface area contributed by atoms with E-state index in [1.807, 2.05) is 25.1 Å². The Balaban J connectivity index is 2.24. The summed E-state index contributed by atoms with van der Waals surface area (Å²) >= 11 is 3.31. The van der Waals surface area contributed by atoms with Crippen LogP contribution in [-0.2, 0) is 0 Å². The average Bonchev–Trinajstić information content (AvgIpc) is 2.37. The van der Waals surface area contributed by atoms with Gasteiger partial charge in [-0.3, -0.25) is 4.98 Å². The molecule has 0 saturated carbocycles. The Morgan fingerprint density at radius 2 is 1.95 bits per heavy atom. The highest BCUT2D eigenvalue weighted by Gasteiger charge is 2.03. The minimum absolute atomic E-state index is 0.0953. The molecular formula is C13H13BrN4O. The lowest BCUT2D eigenvalue weighted by atomic mass is 10.2. The lowest BCUT2D eigenvalue weighted by Gasteiger charge is -2.12. The largest absolute Gasteiger partial charge is 0.506 e. The molecule has 19 heavy (non-hydrogen) atoms. The van der Waals surface area contributed by atoms with Gasteiger partial charge in [0.15, 0.2) is 0 Å². The highest BCUT2D eigenvalue weighted by atomic mass is 79.9. The Morgan fingerprint density at radius 3 is 2.58 bits per heavy atom. The molecule has 1 N–H and O–H groups in total. The van der Waals surface area contributed by atoms with E-state index in [1.165, 1.54) is 0 Å². The van der Waals surface area contributed by atoms with Crippen molar-refractivity contribution in [2.24, 2.45) is 10.2 Å². The number of rotatable bonds is 3. The molecule has 0 aliphatic rings. The number of nitrogens with zero attached hydrogens (tertiary/aromatic N) is 4. The number of phenols is 1. The summed E-state index contributed by atoms with van der Waals surface area (Å²) in [5.41, 5.74) is 1.94. The summed E-state index contributed by atoms with van der Waals surface area (Å²) in [5.74, 6) is 0.0953. The average molecular weight is 321 g/mol. The zero-order valence-corrected chi connectivity index (χ0v) is 12.2. The van der Waals surface area contributed by atoms with Gasteiger partial charge in [-0.15, -0.1) is 10.2 Å². The zero-order chi connectivity index (χ0) is 13.8. The standard InChI is InChI=1S/C13H13BrN4O/c1-18(2)11-3-4-12(13(19)6-11)17-16-10-5-9(14)7-15-8-10/h3-8,19H,1-2H3/b17-16+. The summed E-state index contributed by atoms with van der Waals surface area (Å²) in [5, 5.41) is 17.9. The second-order valence-electron chi connectivity index (χ2n) is 4.13. The van der Waals surface area contributed by atoms with Crippen molar-refractivity contribution in [3.05, 3.63) is 41.1 Å². The van der Waals surface area contributed by atoms with Crippen molar-refractivity contribution in [1.82, 2.24) is 4.98 Å². The van der Waals surface area contributed by atoms with Gasteiger partial charge < -0.3 is 10.0 Å². The van der Waals surface area contributed by atoms with Gasteiger partial charge in [0.05, 0.1) is 6.20 Å². The molecule has 0 aliphatic carbocycles. The van der Waals surface area contributed by atoms with Crippen molar-refractivity contribution in [3.63, 3.8) is 0 Å². The van der Waals surface area contributed by atoms with Gasteiger partial charge >= 0.3 is 0 Å². The first-order valence-electron chi connectivity index (χ1n) is 5.59. The van der Waals surface area contributed by atoms with Crippen molar-refractivity contribution in [1.29, 1.82) is 0 Å². The van der Waals surface area contributed by atoms with E-state index in [2.05, 4.69) is 31.1 Å². The molecule has 0 spiro atoms. The summed E-state index contributed by atoms with van der Waals surface area (Å²) in [6.07, 6.45) is 3.27. The Labute approximate surface area is 119 Å². The van der Waals surface area contributed by atoms with E-state index < -0.39 is 0 Å². The van der Waals surface area contributed by atoms with Gasteiger partial charge in [0, 0.05) is 36.5 Å². The summed E-state index contributed by atoms with van der Waals surface area (Å²) in [7, 11) is 3.81. The van der Waals surface area contributed by atoms with Gasteiger partial charge in [-0.1, -0.05) is 0 Å². The van der Waals surface area contributed by atoms with Crippen LogP contribution < -0.4 is 4.90 Å². The van der Waals surface area contributed by atoms with E-state index in [1.54, 1.807) is 30.6 Å². The molecule has 6 heteroatoms. The van der Waals surface area contributed by atoms with Gasteiger partial charge in [0.2, 0.25) is 0 Å². The second-order valence-corrected chi connectivity index (χ2v) is 5.04. The third kappa shape index (κ3) is 3.51. The number of hydrogen-bond donors (Lipinski definition) is 1. The molecule has 0 atom stereocenters. The molecule has 0 unspecified atom stereocenters. The number of aromatic nitrogens is 1. The van der Waals surface area contributed by atoms with Crippen molar-refractivity contribution >= 4 is 33.0 Å².